The number of hydrogen-bond acceptors (Lipinski definition) is 4. The first kappa shape index (κ1) is 9.51. The van der Waals surface area contributed by atoms with Gasteiger partial charge in [-0.3, -0.25) is 9.48 Å². The van der Waals surface area contributed by atoms with Crippen LogP contribution in [0.25, 0.3) is 10.9 Å². The minimum absolute atomic E-state index is 0.375. The Kier molecular flexibility index (Phi) is 2.29. The number of carbonyl (C=O) groups excluding carboxylic acids is 1. The van der Waals surface area contributed by atoms with Crippen LogP contribution in [0.2, 0.25) is 0 Å². The number of ether oxygens (including phenoxy) is 2. The van der Waals surface area contributed by atoms with Gasteiger partial charge < -0.3 is 9.47 Å². The van der Waals surface area contributed by atoms with Crippen LogP contribution in [-0.4, -0.2) is 23.4 Å². The number of hydrogen-bond donors (Lipinski definition) is 0. The summed E-state index contributed by atoms with van der Waals surface area (Å²) in [5.74, 6) is 0.909. The number of benzene rings is 1. The Balaban J connectivity index is 2.64. The van der Waals surface area contributed by atoms with Gasteiger partial charge in [-0.25, -0.2) is 0 Å². The fraction of sp³-hybridized carbons (Fsp3) is 0.200. The fourth-order valence-corrected chi connectivity index (χ4v) is 1.46. The quantitative estimate of drug-likeness (QED) is 0.706. The van der Waals surface area contributed by atoms with Gasteiger partial charge in [-0.1, -0.05) is 0 Å². The van der Waals surface area contributed by atoms with E-state index in [0.29, 0.717) is 18.0 Å². The Hall–Kier alpha value is -2.04. The second-order valence-corrected chi connectivity index (χ2v) is 3.04. The van der Waals surface area contributed by atoms with Crippen molar-refractivity contribution in [2.75, 3.05) is 7.11 Å². The summed E-state index contributed by atoms with van der Waals surface area (Å²) in [7, 11) is 3.36. The fourth-order valence-electron chi connectivity index (χ4n) is 1.46. The number of fused-ring (bicyclic) bond motifs is 1. The van der Waals surface area contributed by atoms with E-state index in [1.807, 2.05) is 7.05 Å². The number of methoxy groups -OCH3 is 1. The molecule has 15 heavy (non-hydrogen) atoms. The van der Waals surface area contributed by atoms with E-state index in [0.717, 1.165) is 10.9 Å². The van der Waals surface area contributed by atoms with Gasteiger partial charge in [0.05, 0.1) is 18.8 Å². The van der Waals surface area contributed by atoms with Gasteiger partial charge in [0, 0.05) is 18.5 Å². The third kappa shape index (κ3) is 1.52. The van der Waals surface area contributed by atoms with Crippen molar-refractivity contribution in [2.45, 2.75) is 0 Å². The molecule has 1 heterocycles. The minimum Gasteiger partial charge on any atom is -0.493 e. The standard InChI is InChI=1S/C10H10N2O3/c1-12-8-4-9(14-2)10(15-6-13)3-7(8)5-11-12/h3-6H,1-2H3. The molecule has 0 aliphatic rings. The zero-order chi connectivity index (χ0) is 10.8. The van der Waals surface area contributed by atoms with Crippen molar-refractivity contribution in [1.29, 1.82) is 0 Å². The highest BCUT2D eigenvalue weighted by Gasteiger charge is 2.09. The normalized spacial score (nSPS) is 10.3. The number of rotatable bonds is 3. The second kappa shape index (κ2) is 3.61. The zero-order valence-corrected chi connectivity index (χ0v) is 8.43. The van der Waals surface area contributed by atoms with E-state index in [9.17, 15) is 4.79 Å². The molecule has 5 nitrogen and oxygen atoms in total. The maximum absolute atomic E-state index is 10.3. The van der Waals surface area contributed by atoms with Crippen LogP contribution in [0.3, 0.4) is 0 Å². The van der Waals surface area contributed by atoms with E-state index in [1.54, 1.807) is 23.0 Å². The topological polar surface area (TPSA) is 53.4 Å². The van der Waals surface area contributed by atoms with Gasteiger partial charge >= 0.3 is 0 Å². The van der Waals surface area contributed by atoms with Crippen molar-refractivity contribution in [3.8, 4) is 11.5 Å². The second-order valence-electron chi connectivity index (χ2n) is 3.04. The third-order valence-corrected chi connectivity index (χ3v) is 2.21. The van der Waals surface area contributed by atoms with Crippen LogP contribution >= 0.6 is 0 Å². The zero-order valence-electron chi connectivity index (χ0n) is 8.43. The summed E-state index contributed by atoms with van der Waals surface area (Å²) in [5, 5.41) is 4.99. The molecule has 2 aromatic rings. The first-order valence-electron chi connectivity index (χ1n) is 4.36. The molecule has 0 aliphatic carbocycles. The molecule has 0 bridgehead atoms. The van der Waals surface area contributed by atoms with Gasteiger partial charge in [0.25, 0.3) is 6.47 Å². The maximum Gasteiger partial charge on any atom is 0.298 e. The van der Waals surface area contributed by atoms with Crippen LogP contribution in [0.5, 0.6) is 11.5 Å². The Labute approximate surface area is 86.2 Å². The van der Waals surface area contributed by atoms with E-state index in [1.165, 1.54) is 7.11 Å². The molecule has 0 amide bonds. The van der Waals surface area contributed by atoms with Crippen LogP contribution in [0.1, 0.15) is 0 Å². The average molecular weight is 206 g/mol. The highest BCUT2D eigenvalue weighted by Crippen LogP contribution is 2.31. The SMILES string of the molecule is COc1cc2c(cnn2C)cc1OC=O. The smallest absolute Gasteiger partial charge is 0.298 e. The molecule has 1 aromatic carbocycles. The van der Waals surface area contributed by atoms with E-state index < -0.39 is 0 Å². The van der Waals surface area contributed by atoms with Crippen LogP contribution in [-0.2, 0) is 11.8 Å². The molecule has 78 valence electrons. The first-order valence-corrected chi connectivity index (χ1v) is 4.36. The largest absolute Gasteiger partial charge is 0.493 e. The number of aromatic nitrogens is 2. The molecule has 0 radical (unpaired) electrons. The highest BCUT2D eigenvalue weighted by molar-refractivity contribution is 5.83. The Morgan fingerprint density at radius 2 is 2.20 bits per heavy atom. The van der Waals surface area contributed by atoms with E-state index in [4.69, 9.17) is 9.47 Å². The van der Waals surface area contributed by atoms with Crippen molar-refractivity contribution in [3.05, 3.63) is 18.3 Å². The van der Waals surface area contributed by atoms with E-state index in [2.05, 4.69) is 5.10 Å². The minimum atomic E-state index is 0.375. The molecular formula is C10H10N2O3. The summed E-state index contributed by atoms with van der Waals surface area (Å²) in [6.07, 6.45) is 1.70. The molecule has 1 aromatic heterocycles. The summed E-state index contributed by atoms with van der Waals surface area (Å²) in [5.41, 5.74) is 0.921. The number of carbonyl (C=O) groups is 1. The van der Waals surface area contributed by atoms with Crippen LogP contribution < -0.4 is 9.47 Å². The molecular weight excluding hydrogens is 196 g/mol. The monoisotopic (exact) mass is 206 g/mol. The van der Waals surface area contributed by atoms with Crippen LogP contribution in [0.15, 0.2) is 18.3 Å². The van der Waals surface area contributed by atoms with Gasteiger partial charge in [0.15, 0.2) is 11.5 Å². The highest BCUT2D eigenvalue weighted by atomic mass is 16.5. The van der Waals surface area contributed by atoms with Crippen molar-refractivity contribution in [1.82, 2.24) is 9.78 Å². The van der Waals surface area contributed by atoms with E-state index in [-0.39, 0.29) is 0 Å². The molecule has 0 unspecified atom stereocenters. The lowest BCUT2D eigenvalue weighted by molar-refractivity contribution is -0.120. The predicted molar refractivity (Wildman–Crippen MR) is 54.0 cm³/mol. The summed E-state index contributed by atoms with van der Waals surface area (Å²) in [4.78, 5) is 10.3. The van der Waals surface area contributed by atoms with Crippen LogP contribution in [0, 0.1) is 0 Å². The van der Waals surface area contributed by atoms with Gasteiger partial charge in [0.1, 0.15) is 0 Å². The first-order chi connectivity index (χ1) is 7.26. The molecule has 2 rings (SSSR count). The Bertz CT molecular complexity index is 505. The Morgan fingerprint density at radius 1 is 1.40 bits per heavy atom. The van der Waals surface area contributed by atoms with Crippen molar-refractivity contribution in [2.24, 2.45) is 7.05 Å². The number of nitrogens with zero attached hydrogens (tertiary/aromatic N) is 2. The summed E-state index contributed by atoms with van der Waals surface area (Å²) >= 11 is 0. The van der Waals surface area contributed by atoms with Crippen molar-refractivity contribution >= 4 is 17.4 Å². The van der Waals surface area contributed by atoms with Gasteiger partial charge in [-0.15, -0.1) is 0 Å². The summed E-state index contributed by atoms with van der Waals surface area (Å²) < 4.78 is 11.6. The molecule has 5 heteroatoms. The van der Waals surface area contributed by atoms with Gasteiger partial charge in [-0.2, -0.15) is 5.10 Å². The molecule has 0 saturated carbocycles. The molecule has 0 atom stereocenters. The summed E-state index contributed by atoms with van der Waals surface area (Å²) in [6.45, 7) is 0.375. The lowest BCUT2D eigenvalue weighted by atomic mass is 10.2. The van der Waals surface area contributed by atoms with Gasteiger partial charge in [-0.05, 0) is 6.07 Å². The Morgan fingerprint density at radius 3 is 2.87 bits per heavy atom. The number of aryl methyl sites for hydroxylation is 1. The lowest BCUT2D eigenvalue weighted by Crippen LogP contribution is -1.94. The predicted octanol–water partition coefficient (Wildman–Crippen LogP) is 1.12. The molecule has 0 aliphatic heterocycles. The van der Waals surface area contributed by atoms with Crippen molar-refractivity contribution in [3.63, 3.8) is 0 Å². The maximum atomic E-state index is 10.3. The van der Waals surface area contributed by atoms with E-state index >= 15 is 0 Å². The average Bonchev–Trinajstić information content (AvgIpc) is 2.59. The molecule has 0 saturated heterocycles. The van der Waals surface area contributed by atoms with Crippen molar-refractivity contribution < 1.29 is 14.3 Å². The van der Waals surface area contributed by atoms with Gasteiger partial charge in [0.2, 0.25) is 0 Å². The lowest BCUT2D eigenvalue weighted by Gasteiger charge is -2.06. The molecule has 0 fully saturated rings. The summed E-state index contributed by atoms with van der Waals surface area (Å²) in [6, 6.07) is 3.50. The molecule has 0 spiro atoms. The third-order valence-electron chi connectivity index (χ3n) is 2.21. The molecule has 0 N–H and O–H groups in total. The van der Waals surface area contributed by atoms with Crippen LogP contribution in [0.4, 0.5) is 0 Å².